The first-order chi connectivity index (χ1) is 8.97. The van der Waals surface area contributed by atoms with Crippen molar-refractivity contribution in [2.75, 3.05) is 11.1 Å². The molecule has 0 bridgehead atoms. The Kier molecular flexibility index (Phi) is 3.61. The molecule has 0 fully saturated rings. The maximum atomic E-state index is 13.1. The zero-order chi connectivity index (χ0) is 14.0. The van der Waals surface area contributed by atoms with E-state index >= 15 is 0 Å². The number of nitro groups is 1. The molecule has 19 heavy (non-hydrogen) atoms. The molecule has 0 aliphatic heterocycles. The van der Waals surface area contributed by atoms with Crippen molar-refractivity contribution in [1.29, 1.82) is 0 Å². The molecular formula is C11H8BrFN4O2. The van der Waals surface area contributed by atoms with Gasteiger partial charge in [0.15, 0.2) is 0 Å². The number of benzene rings is 1. The molecular weight excluding hydrogens is 319 g/mol. The minimum atomic E-state index is -0.621. The predicted octanol–water partition coefficient (Wildman–Crippen LogP) is 3.22. The quantitative estimate of drug-likeness (QED) is 0.667. The van der Waals surface area contributed by atoms with Crippen LogP contribution in [-0.2, 0) is 0 Å². The second-order valence-electron chi connectivity index (χ2n) is 3.61. The molecule has 0 aliphatic rings. The van der Waals surface area contributed by atoms with Gasteiger partial charge in [-0.25, -0.2) is 9.37 Å². The molecule has 0 amide bonds. The summed E-state index contributed by atoms with van der Waals surface area (Å²) in [5, 5.41) is 13.4. The van der Waals surface area contributed by atoms with E-state index in [1.54, 1.807) is 0 Å². The maximum Gasteiger partial charge on any atom is 0.311 e. The summed E-state index contributed by atoms with van der Waals surface area (Å²) in [6, 6.07) is 6.73. The summed E-state index contributed by atoms with van der Waals surface area (Å²) in [4.78, 5) is 13.8. The van der Waals surface area contributed by atoms with Crippen LogP contribution in [0.1, 0.15) is 0 Å². The summed E-state index contributed by atoms with van der Waals surface area (Å²) in [6.07, 6.45) is 0. The third-order valence-corrected chi connectivity index (χ3v) is 2.98. The number of nitrogens with zero attached hydrogens (tertiary/aromatic N) is 2. The Morgan fingerprint density at radius 2 is 2.11 bits per heavy atom. The average molecular weight is 327 g/mol. The van der Waals surface area contributed by atoms with E-state index in [0.29, 0.717) is 10.2 Å². The average Bonchev–Trinajstić information content (AvgIpc) is 2.33. The highest BCUT2D eigenvalue weighted by Crippen LogP contribution is 2.28. The number of nitrogens with one attached hydrogen (secondary N) is 1. The molecule has 1 aromatic carbocycles. The number of anilines is 3. The lowest BCUT2D eigenvalue weighted by molar-refractivity contribution is -0.384. The van der Waals surface area contributed by atoms with Gasteiger partial charge < -0.3 is 11.1 Å². The first-order valence-electron chi connectivity index (χ1n) is 5.10. The molecule has 3 N–H and O–H groups in total. The van der Waals surface area contributed by atoms with E-state index in [1.165, 1.54) is 30.3 Å². The first-order valence-corrected chi connectivity index (χ1v) is 5.89. The largest absolute Gasteiger partial charge is 0.378 e. The number of nitrogen functional groups attached to an aromatic ring is 1. The van der Waals surface area contributed by atoms with Gasteiger partial charge in [-0.3, -0.25) is 10.1 Å². The number of pyridine rings is 1. The lowest BCUT2D eigenvalue weighted by Crippen LogP contribution is -2.02. The van der Waals surface area contributed by atoms with Crippen molar-refractivity contribution >= 4 is 38.9 Å². The van der Waals surface area contributed by atoms with Crippen molar-refractivity contribution in [2.24, 2.45) is 0 Å². The van der Waals surface area contributed by atoms with Crippen LogP contribution in [0.3, 0.4) is 0 Å². The number of hydrogen-bond acceptors (Lipinski definition) is 5. The van der Waals surface area contributed by atoms with Crippen molar-refractivity contribution in [3.05, 3.63) is 50.7 Å². The van der Waals surface area contributed by atoms with Crippen LogP contribution in [0.4, 0.5) is 27.4 Å². The summed E-state index contributed by atoms with van der Waals surface area (Å²) in [6.45, 7) is 0. The lowest BCUT2D eigenvalue weighted by atomic mass is 10.3. The van der Waals surface area contributed by atoms with Gasteiger partial charge in [-0.2, -0.15) is 0 Å². The van der Waals surface area contributed by atoms with Gasteiger partial charge in [0.25, 0.3) is 0 Å². The molecule has 0 unspecified atom stereocenters. The van der Waals surface area contributed by atoms with Crippen LogP contribution < -0.4 is 11.1 Å². The van der Waals surface area contributed by atoms with Gasteiger partial charge >= 0.3 is 5.69 Å². The van der Waals surface area contributed by atoms with Crippen molar-refractivity contribution in [1.82, 2.24) is 4.98 Å². The van der Waals surface area contributed by atoms with Gasteiger partial charge in [0.2, 0.25) is 5.82 Å². The van der Waals surface area contributed by atoms with Crippen molar-refractivity contribution in [2.45, 2.75) is 0 Å². The van der Waals surface area contributed by atoms with E-state index in [-0.39, 0.29) is 17.3 Å². The highest BCUT2D eigenvalue weighted by molar-refractivity contribution is 9.10. The van der Waals surface area contributed by atoms with Gasteiger partial charge in [0.05, 0.1) is 10.6 Å². The van der Waals surface area contributed by atoms with E-state index in [1.807, 2.05) is 0 Å². The van der Waals surface area contributed by atoms with E-state index in [0.717, 1.165) is 0 Å². The number of rotatable bonds is 3. The number of halogens is 2. The zero-order valence-corrected chi connectivity index (χ0v) is 11.0. The van der Waals surface area contributed by atoms with Crippen LogP contribution >= 0.6 is 15.9 Å². The minimum absolute atomic E-state index is 0.206. The topological polar surface area (TPSA) is 94.1 Å². The third kappa shape index (κ3) is 2.97. The Morgan fingerprint density at radius 3 is 2.74 bits per heavy atom. The molecule has 0 spiro atoms. The molecule has 8 heteroatoms. The van der Waals surface area contributed by atoms with E-state index in [4.69, 9.17) is 5.73 Å². The fourth-order valence-electron chi connectivity index (χ4n) is 1.42. The van der Waals surface area contributed by atoms with Crippen molar-refractivity contribution in [3.63, 3.8) is 0 Å². The summed E-state index contributed by atoms with van der Waals surface area (Å²) in [5.74, 6) is -0.336. The summed E-state index contributed by atoms with van der Waals surface area (Å²) in [5.41, 5.74) is 5.64. The van der Waals surface area contributed by atoms with Gasteiger partial charge in [0, 0.05) is 10.5 Å². The molecule has 6 nitrogen and oxygen atoms in total. The SMILES string of the molecule is Nc1nc(Nc2cc(F)ccc2Br)ccc1[N+](=O)[O-]. The van der Waals surface area contributed by atoms with Gasteiger partial charge in [0.1, 0.15) is 11.6 Å². The molecule has 0 radical (unpaired) electrons. The zero-order valence-electron chi connectivity index (χ0n) is 9.43. The normalized spacial score (nSPS) is 10.2. The Labute approximate surface area is 115 Å². The van der Waals surface area contributed by atoms with Crippen LogP contribution in [0.2, 0.25) is 0 Å². The highest BCUT2D eigenvalue weighted by atomic mass is 79.9. The van der Waals surface area contributed by atoms with E-state index < -0.39 is 10.7 Å². The second-order valence-corrected chi connectivity index (χ2v) is 4.46. The minimum Gasteiger partial charge on any atom is -0.378 e. The van der Waals surface area contributed by atoms with Gasteiger partial charge in [-0.05, 0) is 40.2 Å². The summed E-state index contributed by atoms with van der Waals surface area (Å²) in [7, 11) is 0. The molecule has 1 heterocycles. The molecule has 0 atom stereocenters. The Bertz CT molecular complexity index is 651. The smallest absolute Gasteiger partial charge is 0.311 e. The summed E-state index contributed by atoms with van der Waals surface area (Å²) >= 11 is 3.25. The Morgan fingerprint density at radius 1 is 1.37 bits per heavy atom. The molecule has 2 aromatic rings. The number of hydrogen-bond donors (Lipinski definition) is 2. The fourth-order valence-corrected chi connectivity index (χ4v) is 1.77. The molecule has 0 saturated carbocycles. The standard InChI is InChI=1S/C11H8BrFN4O2/c12-7-2-1-6(13)5-8(7)15-10-4-3-9(17(18)19)11(14)16-10/h1-5H,(H3,14,15,16). The molecule has 1 aromatic heterocycles. The third-order valence-electron chi connectivity index (χ3n) is 2.29. The lowest BCUT2D eigenvalue weighted by Gasteiger charge is -2.08. The number of aromatic nitrogens is 1. The van der Waals surface area contributed by atoms with Crippen LogP contribution in [-0.4, -0.2) is 9.91 Å². The van der Waals surface area contributed by atoms with Crippen molar-refractivity contribution < 1.29 is 9.31 Å². The highest BCUT2D eigenvalue weighted by Gasteiger charge is 2.13. The van der Waals surface area contributed by atoms with Gasteiger partial charge in [-0.15, -0.1) is 0 Å². The second kappa shape index (κ2) is 5.19. The molecule has 2 rings (SSSR count). The van der Waals surface area contributed by atoms with E-state index in [9.17, 15) is 14.5 Å². The van der Waals surface area contributed by atoms with Crippen molar-refractivity contribution in [3.8, 4) is 0 Å². The fraction of sp³-hybridized carbons (Fsp3) is 0. The van der Waals surface area contributed by atoms with Gasteiger partial charge in [-0.1, -0.05) is 0 Å². The predicted molar refractivity (Wildman–Crippen MR) is 72.7 cm³/mol. The number of nitrogens with two attached hydrogens (primary N) is 1. The molecule has 98 valence electrons. The Balaban J connectivity index is 2.31. The summed E-state index contributed by atoms with van der Waals surface area (Å²) < 4.78 is 13.7. The van der Waals surface area contributed by atoms with E-state index in [2.05, 4.69) is 26.2 Å². The monoisotopic (exact) mass is 326 g/mol. The van der Waals surface area contributed by atoms with Crippen LogP contribution in [0.5, 0.6) is 0 Å². The Hall–Kier alpha value is -2.22. The molecule has 0 aliphatic carbocycles. The van der Waals surface area contributed by atoms with Crippen LogP contribution in [0, 0.1) is 15.9 Å². The van der Waals surface area contributed by atoms with Crippen LogP contribution in [0.15, 0.2) is 34.8 Å². The van der Waals surface area contributed by atoms with Crippen LogP contribution in [0.25, 0.3) is 0 Å². The first kappa shape index (κ1) is 13.2. The molecule has 0 saturated heterocycles. The maximum absolute atomic E-state index is 13.1.